The highest BCUT2D eigenvalue weighted by atomic mass is 28.4. The lowest BCUT2D eigenvalue weighted by Gasteiger charge is -2.43. The first-order chi connectivity index (χ1) is 14.9. The van der Waals surface area contributed by atoms with Gasteiger partial charge in [0.15, 0.2) is 14.6 Å². The molecule has 1 aromatic carbocycles. The number of nitro benzene ring substituents is 1. The normalized spacial score (nSPS) is 23.2. The summed E-state index contributed by atoms with van der Waals surface area (Å²) in [6.07, 6.45) is 7.69. The molecule has 3 atom stereocenters. The van der Waals surface area contributed by atoms with Gasteiger partial charge in [-0.15, -0.1) is 0 Å². The molecule has 1 aliphatic carbocycles. The highest BCUT2D eigenvalue weighted by molar-refractivity contribution is 6.74. The number of allylic oxidation sites excluding steroid dienone is 2. The molecule has 0 N–H and O–H groups in total. The molecular formula is C24H31NO6Si. The van der Waals surface area contributed by atoms with E-state index in [2.05, 4.69) is 39.9 Å². The number of nitro groups is 1. The van der Waals surface area contributed by atoms with Gasteiger partial charge in [0, 0.05) is 18.1 Å². The number of nitrogens with zero attached hydrogens (tertiary/aromatic N) is 1. The van der Waals surface area contributed by atoms with Gasteiger partial charge in [-0.2, -0.15) is 0 Å². The van der Waals surface area contributed by atoms with Crippen LogP contribution in [0.15, 0.2) is 53.8 Å². The average molecular weight is 458 g/mol. The topological polar surface area (TPSA) is 87.9 Å². The fourth-order valence-electron chi connectivity index (χ4n) is 3.72. The molecule has 1 aliphatic heterocycles. The lowest BCUT2D eigenvalue weighted by atomic mass is 9.83. The summed E-state index contributed by atoms with van der Waals surface area (Å²) in [5.41, 5.74) is 2.44. The molecular weight excluding hydrogens is 426 g/mol. The largest absolute Gasteiger partial charge is 0.472 e. The van der Waals surface area contributed by atoms with E-state index in [4.69, 9.17) is 13.9 Å². The molecule has 0 saturated carbocycles. The SMILES string of the molecule is COC(=O)C1=COC(O[Si](C)(C)C(C)(C)C)[C@@H]2C(/C=C/c3ccc([N+](=O)[O-])cc3)=CC[C@H]12. The van der Waals surface area contributed by atoms with Crippen LogP contribution in [-0.2, 0) is 18.7 Å². The number of carbonyl (C=O) groups excluding carboxylic acids is 1. The molecule has 7 nitrogen and oxygen atoms in total. The third-order valence-corrected chi connectivity index (χ3v) is 11.1. The van der Waals surface area contributed by atoms with Gasteiger partial charge in [0.2, 0.25) is 0 Å². The molecule has 172 valence electrons. The van der Waals surface area contributed by atoms with Crippen molar-refractivity contribution in [2.24, 2.45) is 11.8 Å². The Morgan fingerprint density at radius 3 is 2.44 bits per heavy atom. The molecule has 0 bridgehead atoms. The molecule has 0 fully saturated rings. The molecule has 1 heterocycles. The number of non-ortho nitro benzene ring substituents is 1. The van der Waals surface area contributed by atoms with Crippen LogP contribution < -0.4 is 0 Å². The first kappa shape index (κ1) is 23.9. The number of ether oxygens (including phenoxy) is 2. The van der Waals surface area contributed by atoms with E-state index in [9.17, 15) is 14.9 Å². The van der Waals surface area contributed by atoms with Crippen LogP contribution in [0.25, 0.3) is 6.08 Å². The monoisotopic (exact) mass is 457 g/mol. The number of carbonyl (C=O) groups is 1. The molecule has 1 unspecified atom stereocenters. The molecule has 3 rings (SSSR count). The number of esters is 1. The number of fused-ring (bicyclic) bond motifs is 1. The van der Waals surface area contributed by atoms with Gasteiger partial charge in [0.05, 0.1) is 29.8 Å². The van der Waals surface area contributed by atoms with Crippen molar-refractivity contribution in [2.75, 3.05) is 7.11 Å². The number of hydrogen-bond donors (Lipinski definition) is 0. The Hall–Kier alpha value is -2.71. The van der Waals surface area contributed by atoms with Crippen LogP contribution in [0.1, 0.15) is 32.8 Å². The van der Waals surface area contributed by atoms with Crippen LogP contribution in [0.2, 0.25) is 18.1 Å². The zero-order valence-electron chi connectivity index (χ0n) is 19.5. The smallest absolute Gasteiger partial charge is 0.337 e. The quantitative estimate of drug-likeness (QED) is 0.239. The molecule has 0 aromatic heterocycles. The van der Waals surface area contributed by atoms with E-state index < -0.39 is 19.5 Å². The van der Waals surface area contributed by atoms with E-state index >= 15 is 0 Å². The van der Waals surface area contributed by atoms with Gasteiger partial charge in [-0.3, -0.25) is 10.1 Å². The predicted octanol–water partition coefficient (Wildman–Crippen LogP) is 5.61. The van der Waals surface area contributed by atoms with Gasteiger partial charge in [-0.05, 0) is 47.8 Å². The van der Waals surface area contributed by atoms with Gasteiger partial charge in [0.25, 0.3) is 5.69 Å². The van der Waals surface area contributed by atoms with E-state index in [1.165, 1.54) is 25.5 Å². The standard InChI is InChI=1S/C24H31NO6Si/c1-24(2,3)32(5,6)31-23-21-17(10-7-16-8-12-18(13-9-16)25(27)28)11-14-19(21)20(15-30-23)22(26)29-4/h7-13,15,19,21,23H,14H2,1-6H3/b10-7+/t19-,21-,23?/m1/s1. The maximum absolute atomic E-state index is 12.3. The summed E-state index contributed by atoms with van der Waals surface area (Å²) in [6, 6.07) is 6.39. The van der Waals surface area contributed by atoms with Crippen molar-refractivity contribution >= 4 is 26.1 Å². The Labute approximate surface area is 190 Å². The molecule has 32 heavy (non-hydrogen) atoms. The zero-order chi connectivity index (χ0) is 23.7. The van der Waals surface area contributed by atoms with Crippen LogP contribution in [-0.4, -0.2) is 32.6 Å². The molecule has 0 saturated heterocycles. The van der Waals surface area contributed by atoms with E-state index in [-0.39, 0.29) is 28.5 Å². The highest BCUT2D eigenvalue weighted by Crippen LogP contribution is 2.47. The maximum atomic E-state index is 12.3. The second-order valence-electron chi connectivity index (χ2n) is 9.70. The minimum Gasteiger partial charge on any atom is -0.472 e. The summed E-state index contributed by atoms with van der Waals surface area (Å²) in [6.45, 7) is 10.9. The Kier molecular flexibility index (Phi) is 6.76. The van der Waals surface area contributed by atoms with Crippen LogP contribution in [0, 0.1) is 22.0 Å². The van der Waals surface area contributed by atoms with Gasteiger partial charge >= 0.3 is 5.97 Å². The summed E-state index contributed by atoms with van der Waals surface area (Å²) in [7, 11) is -0.760. The van der Waals surface area contributed by atoms with Crippen molar-refractivity contribution in [2.45, 2.75) is 51.6 Å². The van der Waals surface area contributed by atoms with Gasteiger partial charge in [-0.1, -0.05) is 39.0 Å². The lowest BCUT2D eigenvalue weighted by Crippen LogP contribution is -2.48. The number of benzene rings is 1. The first-order valence-corrected chi connectivity index (χ1v) is 13.6. The van der Waals surface area contributed by atoms with Crippen LogP contribution in [0.5, 0.6) is 0 Å². The number of methoxy groups -OCH3 is 1. The van der Waals surface area contributed by atoms with E-state index in [0.29, 0.717) is 12.0 Å². The third-order valence-electron chi connectivity index (χ3n) is 6.66. The predicted molar refractivity (Wildman–Crippen MR) is 125 cm³/mol. The van der Waals surface area contributed by atoms with Crippen molar-refractivity contribution in [1.29, 1.82) is 0 Å². The Bertz CT molecular complexity index is 971. The Morgan fingerprint density at radius 1 is 1.22 bits per heavy atom. The van der Waals surface area contributed by atoms with Crippen LogP contribution >= 0.6 is 0 Å². The van der Waals surface area contributed by atoms with Crippen LogP contribution in [0.3, 0.4) is 0 Å². The third kappa shape index (κ3) is 4.86. The van der Waals surface area contributed by atoms with Crippen molar-refractivity contribution < 1.29 is 23.6 Å². The summed E-state index contributed by atoms with van der Waals surface area (Å²) in [5, 5.41) is 10.9. The molecule has 2 aliphatic rings. The molecule has 0 spiro atoms. The number of rotatable bonds is 6. The van der Waals surface area contributed by atoms with Gasteiger partial charge < -0.3 is 13.9 Å². The first-order valence-electron chi connectivity index (χ1n) is 10.7. The zero-order valence-corrected chi connectivity index (χ0v) is 20.5. The van der Waals surface area contributed by atoms with E-state index in [1.54, 1.807) is 12.1 Å². The van der Waals surface area contributed by atoms with Crippen LogP contribution in [0.4, 0.5) is 5.69 Å². The summed E-state index contributed by atoms with van der Waals surface area (Å²) in [5.74, 6) is -0.611. The minimum atomic E-state index is -2.13. The Balaban J connectivity index is 1.88. The highest BCUT2D eigenvalue weighted by Gasteiger charge is 2.48. The van der Waals surface area contributed by atoms with E-state index in [0.717, 1.165) is 11.1 Å². The second kappa shape index (κ2) is 9.03. The van der Waals surface area contributed by atoms with Crippen molar-refractivity contribution in [3.8, 4) is 0 Å². The van der Waals surface area contributed by atoms with Crippen molar-refractivity contribution in [1.82, 2.24) is 0 Å². The van der Waals surface area contributed by atoms with Crippen molar-refractivity contribution in [3.05, 3.63) is 69.5 Å². The maximum Gasteiger partial charge on any atom is 0.337 e. The average Bonchev–Trinajstić information content (AvgIpc) is 3.15. The second-order valence-corrected chi connectivity index (χ2v) is 14.5. The molecule has 0 radical (unpaired) electrons. The summed E-state index contributed by atoms with van der Waals surface area (Å²) in [4.78, 5) is 22.8. The molecule has 0 amide bonds. The van der Waals surface area contributed by atoms with Gasteiger partial charge in [-0.25, -0.2) is 4.79 Å². The summed E-state index contributed by atoms with van der Waals surface area (Å²) < 4.78 is 17.6. The lowest BCUT2D eigenvalue weighted by molar-refractivity contribution is -0.384. The fourth-order valence-corrected chi connectivity index (χ4v) is 4.86. The molecule has 8 heteroatoms. The molecule has 1 aromatic rings. The van der Waals surface area contributed by atoms with E-state index in [1.807, 2.05) is 12.2 Å². The van der Waals surface area contributed by atoms with Gasteiger partial charge in [0.1, 0.15) is 0 Å². The minimum absolute atomic E-state index is 0.00920. The van der Waals surface area contributed by atoms with Crippen molar-refractivity contribution in [3.63, 3.8) is 0 Å². The summed E-state index contributed by atoms with van der Waals surface area (Å²) >= 11 is 0. The fraction of sp³-hybridized carbons (Fsp3) is 0.458. The number of hydrogen-bond acceptors (Lipinski definition) is 6. The Morgan fingerprint density at radius 2 is 1.88 bits per heavy atom.